The van der Waals surface area contributed by atoms with E-state index >= 15 is 0 Å². The van der Waals surface area contributed by atoms with Crippen LogP contribution in [0.25, 0.3) is 21.1 Å². The summed E-state index contributed by atoms with van der Waals surface area (Å²) in [5.41, 5.74) is -0.0662. The molecule has 2 aliphatic rings. The van der Waals surface area contributed by atoms with Crippen LogP contribution in [0, 0.1) is 25.7 Å². The van der Waals surface area contributed by atoms with Gasteiger partial charge in [0.15, 0.2) is 0 Å². The second-order valence-electron chi connectivity index (χ2n) is 12.7. The van der Waals surface area contributed by atoms with Crippen molar-refractivity contribution >= 4 is 46.3 Å². The number of nitrogens with one attached hydrogen (secondary N) is 2. The summed E-state index contributed by atoms with van der Waals surface area (Å²) in [5.74, 6) is -3.45. The minimum atomic E-state index is -4.62. The topological polar surface area (TPSA) is 151 Å². The Balaban J connectivity index is 0.000000208. The van der Waals surface area contributed by atoms with Gasteiger partial charge in [0, 0.05) is 51.4 Å². The fraction of sp³-hybridized carbons (Fsp3) is 0.471. The molecule has 0 bridgehead atoms. The summed E-state index contributed by atoms with van der Waals surface area (Å²) >= 11 is 2.12. The number of aromatic nitrogens is 2. The number of hydrogen-bond donors (Lipinski definition) is 2. The van der Waals surface area contributed by atoms with Gasteiger partial charge < -0.3 is 29.5 Å². The molecule has 4 amide bonds. The first-order valence-corrected chi connectivity index (χ1v) is 18.4. The van der Waals surface area contributed by atoms with E-state index in [1.54, 1.807) is 48.2 Å². The Bertz CT molecular complexity index is 1860. The Labute approximate surface area is 312 Å². The molecular formula is C34H36F6N6O6S2. The molecule has 292 valence electrons. The van der Waals surface area contributed by atoms with Crippen LogP contribution in [-0.2, 0) is 21.9 Å². The van der Waals surface area contributed by atoms with Crippen LogP contribution in [0.15, 0.2) is 33.3 Å². The number of carbonyl (C=O) groups excluding carboxylic acids is 4. The highest BCUT2D eigenvalue weighted by Crippen LogP contribution is 2.40. The van der Waals surface area contributed by atoms with Crippen molar-refractivity contribution in [2.45, 2.75) is 51.9 Å². The highest BCUT2D eigenvalue weighted by atomic mass is 32.1. The third-order valence-electron chi connectivity index (χ3n) is 9.11. The SMILES string of the molecule is CNC(=O)[C@@H]1CCCN(C(=O)c2ccc(-c3noc(C(F)(F)F)c3C)s2)C1.CNC(=O)[C@H]1CCCN(C(=O)c2ccc(-c3noc(C(F)(F)F)c3C)s2)C1. The first-order chi connectivity index (χ1) is 25.4. The molecule has 54 heavy (non-hydrogen) atoms. The highest BCUT2D eigenvalue weighted by Gasteiger charge is 2.40. The Morgan fingerprint density at radius 1 is 0.685 bits per heavy atom. The van der Waals surface area contributed by atoms with Crippen molar-refractivity contribution in [3.8, 4) is 21.1 Å². The maximum absolute atomic E-state index is 12.9. The summed E-state index contributed by atoms with van der Waals surface area (Å²) in [6.07, 6.45) is -6.35. The van der Waals surface area contributed by atoms with Gasteiger partial charge in [-0.2, -0.15) is 26.3 Å². The number of rotatable bonds is 6. The van der Waals surface area contributed by atoms with Gasteiger partial charge in [-0.25, -0.2) is 0 Å². The lowest BCUT2D eigenvalue weighted by Crippen LogP contribution is -2.44. The van der Waals surface area contributed by atoms with Gasteiger partial charge in [0.1, 0.15) is 11.4 Å². The second kappa shape index (κ2) is 16.3. The molecule has 2 atom stereocenters. The molecule has 0 saturated carbocycles. The Hall–Kier alpha value is -4.72. The molecule has 20 heteroatoms. The van der Waals surface area contributed by atoms with Crippen LogP contribution in [0.2, 0.25) is 0 Å². The van der Waals surface area contributed by atoms with E-state index in [1.165, 1.54) is 13.8 Å². The van der Waals surface area contributed by atoms with E-state index in [4.69, 9.17) is 0 Å². The van der Waals surface area contributed by atoms with Gasteiger partial charge in [-0.05, 0) is 63.8 Å². The molecule has 4 aromatic rings. The average molecular weight is 803 g/mol. The van der Waals surface area contributed by atoms with Crippen molar-refractivity contribution in [3.63, 3.8) is 0 Å². The van der Waals surface area contributed by atoms with Crippen LogP contribution in [0.1, 0.15) is 67.7 Å². The van der Waals surface area contributed by atoms with Crippen LogP contribution >= 0.6 is 22.7 Å². The molecular weight excluding hydrogens is 767 g/mol. The number of nitrogens with zero attached hydrogens (tertiary/aromatic N) is 4. The van der Waals surface area contributed by atoms with E-state index in [9.17, 15) is 45.5 Å². The van der Waals surface area contributed by atoms with E-state index in [-0.39, 0.29) is 58.0 Å². The Morgan fingerprint density at radius 3 is 1.37 bits per heavy atom. The van der Waals surface area contributed by atoms with Crippen molar-refractivity contribution in [1.29, 1.82) is 0 Å². The molecule has 2 aliphatic heterocycles. The van der Waals surface area contributed by atoms with Gasteiger partial charge in [0.25, 0.3) is 11.8 Å². The van der Waals surface area contributed by atoms with Gasteiger partial charge in [-0.3, -0.25) is 19.2 Å². The summed E-state index contributed by atoms with van der Waals surface area (Å²) < 4.78 is 86.1. The molecule has 4 aromatic heterocycles. The lowest BCUT2D eigenvalue weighted by Gasteiger charge is -2.31. The second-order valence-corrected chi connectivity index (χ2v) is 14.9. The maximum Gasteiger partial charge on any atom is 0.452 e. The van der Waals surface area contributed by atoms with Crippen molar-refractivity contribution in [1.82, 2.24) is 30.7 Å². The van der Waals surface area contributed by atoms with Crippen LogP contribution < -0.4 is 10.6 Å². The van der Waals surface area contributed by atoms with E-state index < -0.39 is 23.9 Å². The zero-order valence-electron chi connectivity index (χ0n) is 29.4. The van der Waals surface area contributed by atoms with Gasteiger partial charge >= 0.3 is 12.4 Å². The number of halogens is 6. The van der Waals surface area contributed by atoms with Crippen molar-refractivity contribution in [2.75, 3.05) is 40.3 Å². The van der Waals surface area contributed by atoms with Crippen molar-refractivity contribution < 1.29 is 54.6 Å². The molecule has 0 unspecified atom stereocenters. The van der Waals surface area contributed by atoms with Gasteiger partial charge in [0.2, 0.25) is 23.3 Å². The highest BCUT2D eigenvalue weighted by molar-refractivity contribution is 7.17. The summed E-state index contributed by atoms with van der Waals surface area (Å²) in [7, 11) is 3.12. The van der Waals surface area contributed by atoms with Crippen molar-refractivity contribution in [3.05, 3.63) is 56.7 Å². The predicted molar refractivity (Wildman–Crippen MR) is 184 cm³/mol. The molecule has 0 aromatic carbocycles. The van der Waals surface area contributed by atoms with E-state index in [1.807, 2.05) is 0 Å². The molecule has 6 heterocycles. The lowest BCUT2D eigenvalue weighted by molar-refractivity contribution is -0.156. The maximum atomic E-state index is 12.9. The van der Waals surface area contributed by atoms with E-state index in [2.05, 4.69) is 30.0 Å². The summed E-state index contributed by atoms with van der Waals surface area (Å²) in [6.45, 7) is 4.31. The van der Waals surface area contributed by atoms with Crippen molar-refractivity contribution in [2.24, 2.45) is 11.8 Å². The zero-order valence-corrected chi connectivity index (χ0v) is 31.1. The monoisotopic (exact) mass is 802 g/mol. The number of likely N-dealkylation sites (tertiary alicyclic amines) is 2. The number of piperidine rings is 2. The first kappa shape index (κ1) is 40.5. The number of amides is 4. The lowest BCUT2D eigenvalue weighted by atomic mass is 9.97. The molecule has 2 N–H and O–H groups in total. The minimum Gasteiger partial charge on any atom is -0.359 e. The quantitative estimate of drug-likeness (QED) is 0.206. The number of carbonyl (C=O) groups is 4. The van der Waals surface area contributed by atoms with Crippen LogP contribution in [0.4, 0.5) is 26.3 Å². The molecule has 0 spiro atoms. The van der Waals surface area contributed by atoms with Gasteiger partial charge in [-0.15, -0.1) is 22.7 Å². The fourth-order valence-electron chi connectivity index (χ4n) is 6.29. The number of hydrogen-bond acceptors (Lipinski definition) is 10. The molecule has 2 saturated heterocycles. The molecule has 0 radical (unpaired) electrons. The van der Waals surface area contributed by atoms with Gasteiger partial charge in [-0.1, -0.05) is 10.3 Å². The normalized spacial score (nSPS) is 17.8. The number of alkyl halides is 6. The largest absolute Gasteiger partial charge is 0.452 e. The Morgan fingerprint density at radius 2 is 1.06 bits per heavy atom. The number of thiophene rings is 2. The van der Waals surface area contributed by atoms with Gasteiger partial charge in [0.05, 0.1) is 31.3 Å². The minimum absolute atomic E-state index is 0.0771. The summed E-state index contributed by atoms with van der Waals surface area (Å²) in [5, 5.41) is 12.2. The van der Waals surface area contributed by atoms with Crippen LogP contribution in [-0.4, -0.2) is 84.0 Å². The third-order valence-corrected chi connectivity index (χ3v) is 11.3. The zero-order chi connectivity index (χ0) is 39.5. The Kier molecular flexibility index (Phi) is 12.2. The molecule has 6 rings (SSSR count). The molecule has 12 nitrogen and oxygen atoms in total. The molecule has 0 aliphatic carbocycles. The predicted octanol–water partition coefficient (Wildman–Crippen LogP) is 6.66. The van der Waals surface area contributed by atoms with Crippen LogP contribution in [0.5, 0.6) is 0 Å². The fourth-order valence-corrected chi connectivity index (χ4v) is 8.32. The molecule has 2 fully saturated rings. The summed E-state index contributed by atoms with van der Waals surface area (Å²) in [6, 6.07) is 6.24. The summed E-state index contributed by atoms with van der Waals surface area (Å²) in [4.78, 5) is 54.0. The first-order valence-electron chi connectivity index (χ1n) is 16.7. The smallest absolute Gasteiger partial charge is 0.359 e. The average Bonchev–Trinajstić information content (AvgIpc) is 3.97. The standard InChI is InChI=1S/2C17H18F3N3O3S/c2*1-9-13(22-26-14(9)17(18,19)20)11-5-6-12(27-11)16(25)23-7-3-4-10(8-23)15(24)21-2/h2*5-6,10H,3-4,7-8H2,1-2H3,(H,21,24)/t2*10-/m10/s1. The van der Waals surface area contributed by atoms with E-state index in [0.29, 0.717) is 45.7 Å². The third kappa shape index (κ3) is 8.80. The van der Waals surface area contributed by atoms with E-state index in [0.717, 1.165) is 48.4 Å². The van der Waals surface area contributed by atoms with Crippen LogP contribution in [0.3, 0.4) is 0 Å².